The second-order valence-electron chi connectivity index (χ2n) is 5.41. The summed E-state index contributed by atoms with van der Waals surface area (Å²) in [6.07, 6.45) is 0.621. The predicted octanol–water partition coefficient (Wildman–Crippen LogP) is 1.24. The third kappa shape index (κ3) is 5.28. The number of nitrogens with zero attached hydrogens (tertiary/aromatic N) is 1. The van der Waals surface area contributed by atoms with Crippen LogP contribution in [0.2, 0.25) is 0 Å². The van der Waals surface area contributed by atoms with Crippen LogP contribution in [0.1, 0.15) is 18.4 Å². The van der Waals surface area contributed by atoms with Crippen LogP contribution in [0.25, 0.3) is 0 Å². The molecule has 7 heteroatoms. The number of hydrogen-bond donors (Lipinski definition) is 2. The molecule has 0 bridgehead atoms. The highest BCUT2D eigenvalue weighted by Crippen LogP contribution is 2.18. The van der Waals surface area contributed by atoms with Gasteiger partial charge in [-0.2, -0.15) is 0 Å². The number of hydrogen-bond acceptors (Lipinski definition) is 4. The lowest BCUT2D eigenvalue weighted by atomic mass is 9.96. The molecule has 0 unspecified atom stereocenters. The SMILES string of the molecule is O=C(O)CNC(=O)C1CCN(C(=O)OCc2ccccc2)CC1. The molecule has 7 nitrogen and oxygen atoms in total. The summed E-state index contributed by atoms with van der Waals surface area (Å²) in [5.41, 5.74) is 0.920. The number of carbonyl (C=O) groups excluding carboxylic acids is 2. The smallest absolute Gasteiger partial charge is 0.410 e. The minimum atomic E-state index is -1.07. The number of rotatable bonds is 5. The van der Waals surface area contributed by atoms with E-state index in [9.17, 15) is 14.4 Å². The van der Waals surface area contributed by atoms with Gasteiger partial charge in [-0.3, -0.25) is 9.59 Å². The van der Waals surface area contributed by atoms with Crippen molar-refractivity contribution in [1.29, 1.82) is 0 Å². The maximum Gasteiger partial charge on any atom is 0.410 e. The average molecular weight is 320 g/mol. The van der Waals surface area contributed by atoms with Gasteiger partial charge in [0.15, 0.2) is 0 Å². The molecule has 0 saturated carbocycles. The van der Waals surface area contributed by atoms with Crippen LogP contribution >= 0.6 is 0 Å². The largest absolute Gasteiger partial charge is 0.480 e. The van der Waals surface area contributed by atoms with Gasteiger partial charge in [0.1, 0.15) is 13.2 Å². The van der Waals surface area contributed by atoms with Gasteiger partial charge < -0.3 is 20.1 Å². The molecule has 2 amide bonds. The van der Waals surface area contributed by atoms with Gasteiger partial charge in [-0.1, -0.05) is 30.3 Å². The number of ether oxygens (including phenoxy) is 1. The van der Waals surface area contributed by atoms with E-state index < -0.39 is 12.1 Å². The number of aliphatic carboxylic acids is 1. The fourth-order valence-corrected chi connectivity index (χ4v) is 2.44. The fourth-order valence-electron chi connectivity index (χ4n) is 2.44. The number of piperidine rings is 1. The Labute approximate surface area is 134 Å². The molecule has 0 spiro atoms. The normalized spacial score (nSPS) is 15.0. The molecule has 124 valence electrons. The van der Waals surface area contributed by atoms with Crippen molar-refractivity contribution in [2.75, 3.05) is 19.6 Å². The van der Waals surface area contributed by atoms with Crippen LogP contribution in [0.5, 0.6) is 0 Å². The van der Waals surface area contributed by atoms with E-state index in [1.165, 1.54) is 0 Å². The summed E-state index contributed by atoms with van der Waals surface area (Å²) in [4.78, 5) is 35.8. The molecule has 2 N–H and O–H groups in total. The highest BCUT2D eigenvalue weighted by atomic mass is 16.6. The van der Waals surface area contributed by atoms with Gasteiger partial charge in [0, 0.05) is 19.0 Å². The Morgan fingerprint density at radius 2 is 1.83 bits per heavy atom. The molecule has 2 rings (SSSR count). The molecular weight excluding hydrogens is 300 g/mol. The second-order valence-corrected chi connectivity index (χ2v) is 5.41. The lowest BCUT2D eigenvalue weighted by molar-refractivity contribution is -0.138. The zero-order chi connectivity index (χ0) is 16.7. The van der Waals surface area contributed by atoms with Gasteiger partial charge >= 0.3 is 12.1 Å². The Morgan fingerprint density at radius 1 is 1.17 bits per heavy atom. The highest BCUT2D eigenvalue weighted by Gasteiger charge is 2.28. The van der Waals surface area contributed by atoms with Gasteiger partial charge in [0.2, 0.25) is 5.91 Å². The van der Waals surface area contributed by atoms with E-state index in [2.05, 4.69) is 5.32 Å². The van der Waals surface area contributed by atoms with Gasteiger partial charge in [-0.25, -0.2) is 4.79 Å². The Hall–Kier alpha value is -2.57. The Morgan fingerprint density at radius 3 is 2.43 bits per heavy atom. The number of likely N-dealkylation sites (tertiary alicyclic amines) is 1. The van der Waals surface area contributed by atoms with E-state index in [-0.39, 0.29) is 25.0 Å². The number of benzene rings is 1. The third-order valence-corrected chi connectivity index (χ3v) is 3.74. The fraction of sp³-hybridized carbons (Fsp3) is 0.438. The molecule has 1 heterocycles. The van der Waals surface area contributed by atoms with Crippen molar-refractivity contribution in [3.63, 3.8) is 0 Å². The Kier molecular flexibility index (Phi) is 5.96. The van der Waals surface area contributed by atoms with Crippen molar-refractivity contribution >= 4 is 18.0 Å². The van der Waals surface area contributed by atoms with Crippen molar-refractivity contribution < 1.29 is 24.2 Å². The summed E-state index contributed by atoms with van der Waals surface area (Å²) >= 11 is 0. The van der Waals surface area contributed by atoms with Gasteiger partial charge in [-0.15, -0.1) is 0 Å². The topological polar surface area (TPSA) is 95.9 Å². The summed E-state index contributed by atoms with van der Waals surface area (Å²) in [6.45, 7) is 0.703. The Bertz CT molecular complexity index is 553. The number of carbonyl (C=O) groups is 3. The second kappa shape index (κ2) is 8.17. The molecule has 0 radical (unpaired) electrons. The first-order chi connectivity index (χ1) is 11.1. The molecular formula is C16H20N2O5. The molecule has 1 saturated heterocycles. The van der Waals surface area contributed by atoms with Crippen molar-refractivity contribution in [3.8, 4) is 0 Å². The van der Waals surface area contributed by atoms with E-state index in [1.54, 1.807) is 4.90 Å². The zero-order valence-electron chi connectivity index (χ0n) is 12.7. The summed E-state index contributed by atoms with van der Waals surface area (Å²) in [7, 11) is 0. The van der Waals surface area contributed by atoms with Gasteiger partial charge in [0.05, 0.1) is 0 Å². The monoisotopic (exact) mass is 320 g/mol. The molecule has 1 aliphatic rings. The zero-order valence-corrected chi connectivity index (χ0v) is 12.7. The van der Waals surface area contributed by atoms with Crippen molar-refractivity contribution in [2.45, 2.75) is 19.4 Å². The quantitative estimate of drug-likeness (QED) is 0.851. The number of nitrogens with one attached hydrogen (secondary N) is 1. The number of carboxylic acids is 1. The van der Waals surface area contributed by atoms with E-state index in [0.717, 1.165) is 5.56 Å². The molecule has 0 aromatic heterocycles. The summed E-state index contributed by atoms with van der Waals surface area (Å²) in [5.74, 6) is -1.60. The van der Waals surface area contributed by atoms with Crippen LogP contribution in [0.15, 0.2) is 30.3 Å². The van der Waals surface area contributed by atoms with Crippen LogP contribution < -0.4 is 5.32 Å². The van der Waals surface area contributed by atoms with Crippen molar-refractivity contribution in [1.82, 2.24) is 10.2 Å². The predicted molar refractivity (Wildman–Crippen MR) is 81.6 cm³/mol. The van der Waals surface area contributed by atoms with E-state index in [0.29, 0.717) is 25.9 Å². The van der Waals surface area contributed by atoms with Crippen LogP contribution in [-0.2, 0) is 20.9 Å². The number of carboxylic acid groups (broad SMARTS) is 1. The van der Waals surface area contributed by atoms with Crippen LogP contribution in [0.3, 0.4) is 0 Å². The summed E-state index contributed by atoms with van der Waals surface area (Å²) < 4.78 is 5.25. The van der Waals surface area contributed by atoms with E-state index in [4.69, 9.17) is 9.84 Å². The first-order valence-electron chi connectivity index (χ1n) is 7.51. The molecule has 1 aromatic carbocycles. The maximum absolute atomic E-state index is 12.0. The first-order valence-corrected chi connectivity index (χ1v) is 7.51. The molecule has 1 aromatic rings. The van der Waals surface area contributed by atoms with E-state index in [1.807, 2.05) is 30.3 Å². The third-order valence-electron chi connectivity index (χ3n) is 3.74. The molecule has 23 heavy (non-hydrogen) atoms. The van der Waals surface area contributed by atoms with Crippen molar-refractivity contribution in [2.24, 2.45) is 5.92 Å². The van der Waals surface area contributed by atoms with Crippen LogP contribution in [-0.4, -0.2) is 47.6 Å². The molecule has 1 fully saturated rings. The van der Waals surface area contributed by atoms with Gasteiger partial charge in [-0.05, 0) is 18.4 Å². The van der Waals surface area contributed by atoms with Gasteiger partial charge in [0.25, 0.3) is 0 Å². The first kappa shape index (κ1) is 16.8. The van der Waals surface area contributed by atoms with Crippen LogP contribution in [0, 0.1) is 5.92 Å². The van der Waals surface area contributed by atoms with Crippen molar-refractivity contribution in [3.05, 3.63) is 35.9 Å². The molecule has 0 aliphatic carbocycles. The number of amides is 2. The standard InChI is InChI=1S/C16H20N2O5/c19-14(20)10-17-15(21)13-6-8-18(9-7-13)16(22)23-11-12-4-2-1-3-5-12/h1-5,13H,6-11H2,(H,17,21)(H,19,20). The minimum Gasteiger partial charge on any atom is -0.480 e. The lowest BCUT2D eigenvalue weighted by Crippen LogP contribution is -2.44. The van der Waals surface area contributed by atoms with Crippen LogP contribution in [0.4, 0.5) is 4.79 Å². The molecule has 1 aliphatic heterocycles. The average Bonchev–Trinajstić information content (AvgIpc) is 2.58. The molecule has 0 atom stereocenters. The minimum absolute atomic E-state index is 0.221. The maximum atomic E-state index is 12.0. The van der Waals surface area contributed by atoms with E-state index >= 15 is 0 Å². The lowest BCUT2D eigenvalue weighted by Gasteiger charge is -2.30. The highest BCUT2D eigenvalue weighted by molar-refractivity contribution is 5.83. The summed E-state index contributed by atoms with van der Waals surface area (Å²) in [6, 6.07) is 9.42. The Balaban J connectivity index is 1.72. The summed E-state index contributed by atoms with van der Waals surface area (Å²) in [5, 5.41) is 10.9.